The summed E-state index contributed by atoms with van der Waals surface area (Å²) in [5.74, 6) is 0. The van der Waals surface area contributed by atoms with Gasteiger partial charge in [0.15, 0.2) is 0 Å². The normalized spacial score (nSPS) is 18.5. The summed E-state index contributed by atoms with van der Waals surface area (Å²) in [5, 5.41) is 1.39. The molecule has 5 heteroatoms. The maximum Gasteiger partial charge on any atom is 0.0866 e. The van der Waals surface area contributed by atoms with Crippen molar-refractivity contribution in [1.82, 2.24) is 4.90 Å². The first-order valence-electron chi connectivity index (χ1n) is 9.74. The largest absolute Gasteiger partial charge is 0.374 e. The second-order valence-corrected chi connectivity index (χ2v) is 9.15. The molecule has 0 unspecified atom stereocenters. The monoisotopic (exact) mass is 443 g/mol. The number of nitrogens with zero attached hydrogens (tertiary/aromatic N) is 1. The first-order chi connectivity index (χ1) is 14.2. The van der Waals surface area contributed by atoms with Crippen LogP contribution in [-0.2, 0) is 11.3 Å². The van der Waals surface area contributed by atoms with E-state index in [0.717, 1.165) is 25.2 Å². The van der Waals surface area contributed by atoms with E-state index in [1.54, 1.807) is 11.8 Å². The molecule has 1 saturated heterocycles. The number of morpholine rings is 1. The zero-order valence-electron chi connectivity index (χ0n) is 16.0. The third-order valence-electron chi connectivity index (χ3n) is 5.05. The summed E-state index contributed by atoms with van der Waals surface area (Å²) in [7, 11) is 0. The zero-order valence-corrected chi connectivity index (χ0v) is 18.3. The fourth-order valence-electron chi connectivity index (χ4n) is 3.65. The fraction of sp³-hybridized carbons (Fsp3) is 0.250. The van der Waals surface area contributed by atoms with Crippen LogP contribution in [-0.4, -0.2) is 30.7 Å². The Kier molecular flexibility index (Phi) is 7.17. The van der Waals surface area contributed by atoms with E-state index in [1.807, 2.05) is 24.3 Å². The molecule has 1 fully saturated rings. The first-order valence-corrected chi connectivity index (χ1v) is 11.4. The van der Waals surface area contributed by atoms with Crippen LogP contribution < -0.4 is 0 Å². The molecule has 150 valence electrons. The van der Waals surface area contributed by atoms with Gasteiger partial charge in [0, 0.05) is 40.1 Å². The van der Waals surface area contributed by atoms with Crippen LogP contribution in [0.15, 0.2) is 83.8 Å². The van der Waals surface area contributed by atoms with Gasteiger partial charge in [-0.3, -0.25) is 4.90 Å². The van der Waals surface area contributed by atoms with E-state index < -0.39 is 0 Å². The van der Waals surface area contributed by atoms with Crippen LogP contribution >= 0.6 is 35.0 Å². The number of halogens is 2. The molecule has 29 heavy (non-hydrogen) atoms. The van der Waals surface area contributed by atoms with Crippen molar-refractivity contribution in [2.45, 2.75) is 22.8 Å². The van der Waals surface area contributed by atoms with Gasteiger partial charge >= 0.3 is 0 Å². The molecule has 0 saturated carbocycles. The Labute approximate surface area is 186 Å². The third kappa shape index (κ3) is 5.36. The number of rotatable bonds is 6. The Morgan fingerprint density at radius 3 is 2.24 bits per heavy atom. The molecule has 3 aromatic rings. The molecule has 0 amide bonds. The zero-order chi connectivity index (χ0) is 20.1. The average molecular weight is 444 g/mol. The molecule has 0 N–H and O–H groups in total. The Morgan fingerprint density at radius 1 is 0.897 bits per heavy atom. The predicted molar refractivity (Wildman–Crippen MR) is 123 cm³/mol. The maximum absolute atomic E-state index is 6.61. The van der Waals surface area contributed by atoms with E-state index in [0.29, 0.717) is 16.7 Å². The second kappa shape index (κ2) is 10.0. The fourth-order valence-corrected chi connectivity index (χ4v) is 5.71. The van der Waals surface area contributed by atoms with E-state index in [-0.39, 0.29) is 11.4 Å². The molecule has 2 atom stereocenters. The van der Waals surface area contributed by atoms with Gasteiger partial charge in [-0.25, -0.2) is 0 Å². The van der Waals surface area contributed by atoms with E-state index in [4.69, 9.17) is 27.9 Å². The van der Waals surface area contributed by atoms with Gasteiger partial charge in [-0.2, -0.15) is 0 Å². The highest BCUT2D eigenvalue weighted by Crippen LogP contribution is 2.45. The van der Waals surface area contributed by atoms with Crippen molar-refractivity contribution >= 4 is 35.0 Å². The molecule has 4 rings (SSSR count). The standard InChI is InChI=1S/C24H23Cl2NOS/c25-20-12-7-13-21(26)23(20)24(29-19-10-5-2-6-11-19)22-17-27(14-15-28-22)16-18-8-3-1-4-9-18/h1-13,22,24H,14-17H2/t22-,24+/m1/s1. The highest BCUT2D eigenvalue weighted by atomic mass is 35.5. The topological polar surface area (TPSA) is 12.5 Å². The predicted octanol–water partition coefficient (Wildman–Crippen LogP) is 6.73. The minimum absolute atomic E-state index is 0.00457. The lowest BCUT2D eigenvalue weighted by molar-refractivity contribution is -0.0319. The number of ether oxygens (including phenoxy) is 1. The average Bonchev–Trinajstić information content (AvgIpc) is 2.74. The highest BCUT2D eigenvalue weighted by molar-refractivity contribution is 7.99. The molecule has 0 bridgehead atoms. The second-order valence-electron chi connectivity index (χ2n) is 7.12. The van der Waals surface area contributed by atoms with Gasteiger partial charge in [-0.1, -0.05) is 77.8 Å². The van der Waals surface area contributed by atoms with Crippen LogP contribution in [0.5, 0.6) is 0 Å². The molecule has 0 aromatic heterocycles. The first kappa shape index (κ1) is 20.8. The maximum atomic E-state index is 6.61. The SMILES string of the molecule is Clc1cccc(Cl)c1[C@@H](Sc1ccccc1)[C@H]1CN(Cc2ccccc2)CCO1. The van der Waals surface area contributed by atoms with Crippen LogP contribution in [0, 0.1) is 0 Å². The summed E-state index contributed by atoms with van der Waals surface area (Å²) in [6.07, 6.45) is -0.00457. The van der Waals surface area contributed by atoms with Crippen molar-refractivity contribution in [2.24, 2.45) is 0 Å². The van der Waals surface area contributed by atoms with Crippen LogP contribution in [0.2, 0.25) is 10.0 Å². The number of thioether (sulfide) groups is 1. The minimum Gasteiger partial charge on any atom is -0.374 e. The van der Waals surface area contributed by atoms with Crippen molar-refractivity contribution < 1.29 is 4.74 Å². The molecule has 1 heterocycles. The van der Waals surface area contributed by atoms with Gasteiger partial charge in [0.25, 0.3) is 0 Å². The lowest BCUT2D eigenvalue weighted by Crippen LogP contribution is -2.44. The van der Waals surface area contributed by atoms with Crippen LogP contribution in [0.4, 0.5) is 0 Å². The summed E-state index contributed by atoms with van der Waals surface area (Å²) in [4.78, 5) is 3.63. The summed E-state index contributed by atoms with van der Waals surface area (Å²) in [5.41, 5.74) is 2.27. The smallest absolute Gasteiger partial charge is 0.0866 e. The van der Waals surface area contributed by atoms with Crippen molar-refractivity contribution in [3.63, 3.8) is 0 Å². The van der Waals surface area contributed by atoms with E-state index in [2.05, 4.69) is 59.5 Å². The number of hydrogen-bond acceptors (Lipinski definition) is 3. The van der Waals surface area contributed by atoms with Crippen LogP contribution in [0.3, 0.4) is 0 Å². The Balaban J connectivity index is 1.60. The quantitative estimate of drug-likeness (QED) is 0.391. The van der Waals surface area contributed by atoms with Gasteiger partial charge in [0.2, 0.25) is 0 Å². The Morgan fingerprint density at radius 2 is 1.55 bits per heavy atom. The minimum atomic E-state index is -0.00457. The summed E-state index contributed by atoms with van der Waals surface area (Å²) < 4.78 is 6.26. The lowest BCUT2D eigenvalue weighted by Gasteiger charge is -2.37. The highest BCUT2D eigenvalue weighted by Gasteiger charge is 2.32. The molecule has 3 aromatic carbocycles. The van der Waals surface area contributed by atoms with Crippen LogP contribution in [0.25, 0.3) is 0 Å². The molecule has 0 aliphatic carbocycles. The van der Waals surface area contributed by atoms with E-state index >= 15 is 0 Å². The summed E-state index contributed by atoms with van der Waals surface area (Å²) in [6.45, 7) is 3.37. The van der Waals surface area contributed by atoms with Gasteiger partial charge in [-0.15, -0.1) is 11.8 Å². The molecular formula is C24H23Cl2NOS. The van der Waals surface area contributed by atoms with Crippen molar-refractivity contribution in [1.29, 1.82) is 0 Å². The molecular weight excluding hydrogens is 421 g/mol. The van der Waals surface area contributed by atoms with E-state index in [1.165, 1.54) is 10.5 Å². The van der Waals surface area contributed by atoms with E-state index in [9.17, 15) is 0 Å². The summed E-state index contributed by atoms with van der Waals surface area (Å²) in [6, 6.07) is 26.7. The number of hydrogen-bond donors (Lipinski definition) is 0. The molecule has 1 aliphatic heterocycles. The van der Waals surface area contributed by atoms with Gasteiger partial charge in [0.1, 0.15) is 0 Å². The molecule has 2 nitrogen and oxygen atoms in total. The van der Waals surface area contributed by atoms with Crippen LogP contribution in [0.1, 0.15) is 16.4 Å². The van der Waals surface area contributed by atoms with Gasteiger partial charge in [-0.05, 0) is 29.8 Å². The number of benzene rings is 3. The molecule has 0 spiro atoms. The molecule has 0 radical (unpaired) electrons. The van der Waals surface area contributed by atoms with Crippen molar-refractivity contribution in [3.05, 3.63) is 100 Å². The lowest BCUT2D eigenvalue weighted by atomic mass is 10.0. The summed E-state index contributed by atoms with van der Waals surface area (Å²) >= 11 is 15.0. The van der Waals surface area contributed by atoms with Gasteiger partial charge in [0.05, 0.1) is 18.0 Å². The van der Waals surface area contributed by atoms with Crippen molar-refractivity contribution in [2.75, 3.05) is 19.7 Å². The Bertz CT molecular complexity index is 902. The van der Waals surface area contributed by atoms with Gasteiger partial charge < -0.3 is 4.74 Å². The molecule has 1 aliphatic rings. The Hall–Kier alpha value is -1.49. The van der Waals surface area contributed by atoms with Crippen molar-refractivity contribution in [3.8, 4) is 0 Å². The third-order valence-corrected chi connectivity index (χ3v) is 7.05.